The molecule has 0 spiro atoms. The van der Waals surface area contributed by atoms with Crippen LogP contribution in [0.1, 0.15) is 49.0 Å². The van der Waals surface area contributed by atoms with Gasteiger partial charge in [0.1, 0.15) is 11.5 Å². The van der Waals surface area contributed by atoms with Crippen molar-refractivity contribution in [3.8, 4) is 17.2 Å². The largest absolute Gasteiger partial charge is 0.496 e. The third-order valence-corrected chi connectivity index (χ3v) is 5.46. The second-order valence-corrected chi connectivity index (χ2v) is 7.84. The number of ether oxygens (including phenoxy) is 3. The Balaban J connectivity index is 2.35. The van der Waals surface area contributed by atoms with Gasteiger partial charge in [0.15, 0.2) is 5.75 Å². The van der Waals surface area contributed by atoms with Crippen LogP contribution in [-0.4, -0.2) is 25.5 Å². The molecule has 0 bridgehead atoms. The summed E-state index contributed by atoms with van der Waals surface area (Å²) in [6.07, 6.45) is 0.970. The minimum Gasteiger partial charge on any atom is -0.496 e. The van der Waals surface area contributed by atoms with Crippen molar-refractivity contribution in [1.29, 1.82) is 0 Å². The van der Waals surface area contributed by atoms with Crippen LogP contribution in [0.5, 0.6) is 17.2 Å². The fourth-order valence-electron chi connectivity index (χ4n) is 2.60. The topological polar surface area (TPSA) is 61.8 Å². The summed E-state index contributed by atoms with van der Waals surface area (Å²) < 4.78 is 17.3. The Hall–Kier alpha value is -1.86. The van der Waals surface area contributed by atoms with Gasteiger partial charge in [0.2, 0.25) is 0 Å². The molecule has 0 saturated carbocycles. The van der Waals surface area contributed by atoms with Gasteiger partial charge in [-0.25, -0.2) is 4.79 Å². The Morgan fingerprint density at radius 1 is 1.07 bits per heavy atom. The highest BCUT2D eigenvalue weighted by Gasteiger charge is 2.21. The number of rotatable bonds is 8. The number of Topliss-reactive ketones (excluding diaryl/α,β-unsaturated/α-hetero) is 1. The van der Waals surface area contributed by atoms with E-state index >= 15 is 0 Å². The van der Waals surface area contributed by atoms with Crippen LogP contribution in [0.15, 0.2) is 39.3 Å². The molecular weight excluding hydrogens is 492 g/mol. The molecule has 2 aromatic rings. The van der Waals surface area contributed by atoms with E-state index in [1.54, 1.807) is 26.2 Å². The maximum Gasteiger partial charge on any atom is 0.379 e. The summed E-state index contributed by atoms with van der Waals surface area (Å²) in [5.74, 6) is 0.675. The van der Waals surface area contributed by atoms with Gasteiger partial charge in [-0.2, -0.15) is 0 Å². The quantitative estimate of drug-likeness (QED) is 0.236. The fourth-order valence-corrected chi connectivity index (χ4v) is 3.95. The summed E-state index contributed by atoms with van der Waals surface area (Å²) >= 11 is 6.83. The third kappa shape index (κ3) is 5.14. The molecule has 1 atom stereocenters. The Morgan fingerprint density at radius 2 is 1.71 bits per heavy atom. The third-order valence-electron chi connectivity index (χ3n) is 4.29. The van der Waals surface area contributed by atoms with Gasteiger partial charge < -0.3 is 14.2 Å². The van der Waals surface area contributed by atoms with E-state index in [4.69, 9.17) is 14.2 Å². The lowest BCUT2D eigenvalue weighted by molar-refractivity contribution is -0.137. The van der Waals surface area contributed by atoms with Crippen LogP contribution in [0, 0.1) is 0 Å². The molecule has 0 saturated heterocycles. The standard InChI is InChI=1S/C21H22Br2O5/c1-5-12(3)15-11-14(7-8-18(15)26-4)28-20-16(22)9-13(10-17(20)23)19(24)21(25)27-6-2/h7-12H,5-6H2,1-4H3. The highest BCUT2D eigenvalue weighted by Crippen LogP contribution is 2.40. The van der Waals surface area contributed by atoms with E-state index in [0.29, 0.717) is 26.4 Å². The van der Waals surface area contributed by atoms with Crippen molar-refractivity contribution in [1.82, 2.24) is 0 Å². The van der Waals surface area contributed by atoms with Crippen molar-refractivity contribution in [2.45, 2.75) is 33.1 Å². The van der Waals surface area contributed by atoms with Gasteiger partial charge in [-0.3, -0.25) is 4.79 Å². The van der Waals surface area contributed by atoms with Crippen molar-refractivity contribution in [3.63, 3.8) is 0 Å². The number of benzene rings is 2. The number of ketones is 1. The average molecular weight is 514 g/mol. The first-order valence-electron chi connectivity index (χ1n) is 8.88. The number of halogens is 2. The number of esters is 1. The molecule has 0 N–H and O–H groups in total. The van der Waals surface area contributed by atoms with Crippen LogP contribution in [0.25, 0.3) is 0 Å². The van der Waals surface area contributed by atoms with E-state index in [1.165, 1.54) is 0 Å². The van der Waals surface area contributed by atoms with E-state index < -0.39 is 11.8 Å². The Kier molecular flexibility index (Phi) is 8.07. The van der Waals surface area contributed by atoms with Crippen molar-refractivity contribution >= 4 is 43.6 Å². The zero-order valence-corrected chi connectivity index (χ0v) is 19.3. The second-order valence-electron chi connectivity index (χ2n) is 6.13. The van der Waals surface area contributed by atoms with E-state index in [1.807, 2.05) is 18.2 Å². The molecule has 2 aromatic carbocycles. The van der Waals surface area contributed by atoms with E-state index in [-0.39, 0.29) is 12.2 Å². The van der Waals surface area contributed by atoms with E-state index in [2.05, 4.69) is 45.7 Å². The molecule has 0 aliphatic heterocycles. The lowest BCUT2D eigenvalue weighted by Crippen LogP contribution is -2.17. The van der Waals surface area contributed by atoms with Gasteiger partial charge >= 0.3 is 5.97 Å². The van der Waals surface area contributed by atoms with Crippen LogP contribution in [0.3, 0.4) is 0 Å². The predicted molar refractivity (Wildman–Crippen MR) is 115 cm³/mol. The molecule has 0 heterocycles. The molecule has 1 unspecified atom stereocenters. The zero-order chi connectivity index (χ0) is 20.8. The zero-order valence-electron chi connectivity index (χ0n) is 16.2. The molecule has 150 valence electrons. The molecule has 2 rings (SSSR count). The van der Waals surface area contributed by atoms with Crippen LogP contribution in [0.4, 0.5) is 0 Å². The number of methoxy groups -OCH3 is 1. The molecule has 0 fully saturated rings. The summed E-state index contributed by atoms with van der Waals surface area (Å²) in [6.45, 7) is 6.04. The highest BCUT2D eigenvalue weighted by molar-refractivity contribution is 9.11. The maximum atomic E-state index is 12.2. The summed E-state index contributed by atoms with van der Waals surface area (Å²) in [7, 11) is 1.65. The molecule has 0 aliphatic carbocycles. The minimum atomic E-state index is -0.886. The number of hydrogen-bond donors (Lipinski definition) is 0. The van der Waals surface area contributed by atoms with Crippen molar-refractivity contribution in [2.75, 3.05) is 13.7 Å². The SMILES string of the molecule is CCOC(=O)C(=O)c1cc(Br)c(Oc2ccc(OC)c(C(C)CC)c2)c(Br)c1. The molecule has 28 heavy (non-hydrogen) atoms. The van der Waals surface area contributed by atoms with Gasteiger partial charge in [0.25, 0.3) is 5.78 Å². The Bertz CT molecular complexity index is 856. The predicted octanol–water partition coefficient (Wildman–Crippen LogP) is 6.27. The number of hydrogen-bond acceptors (Lipinski definition) is 5. The summed E-state index contributed by atoms with van der Waals surface area (Å²) in [5, 5.41) is 0. The Labute approximate surface area is 181 Å². The molecule has 0 aliphatic rings. The molecule has 5 nitrogen and oxygen atoms in total. The molecule has 7 heteroatoms. The van der Waals surface area contributed by atoms with Gasteiger partial charge in [-0.15, -0.1) is 0 Å². The van der Waals surface area contributed by atoms with E-state index in [9.17, 15) is 9.59 Å². The lowest BCUT2D eigenvalue weighted by Gasteiger charge is -2.17. The van der Waals surface area contributed by atoms with Crippen LogP contribution >= 0.6 is 31.9 Å². The second kappa shape index (κ2) is 10.1. The fraction of sp³-hybridized carbons (Fsp3) is 0.333. The van der Waals surface area contributed by atoms with Crippen molar-refractivity contribution in [3.05, 3.63) is 50.4 Å². The van der Waals surface area contributed by atoms with Crippen LogP contribution < -0.4 is 9.47 Å². The summed E-state index contributed by atoms with van der Waals surface area (Å²) in [5.41, 5.74) is 1.27. The van der Waals surface area contributed by atoms with Gasteiger partial charge in [0.05, 0.1) is 22.7 Å². The summed E-state index contributed by atoms with van der Waals surface area (Å²) in [6, 6.07) is 8.72. The van der Waals surface area contributed by atoms with Crippen LogP contribution in [-0.2, 0) is 9.53 Å². The smallest absolute Gasteiger partial charge is 0.379 e. The highest BCUT2D eigenvalue weighted by atomic mass is 79.9. The Morgan fingerprint density at radius 3 is 2.25 bits per heavy atom. The van der Waals surface area contributed by atoms with Gasteiger partial charge in [-0.1, -0.05) is 13.8 Å². The minimum absolute atomic E-state index is 0.143. The normalized spacial score (nSPS) is 11.6. The monoisotopic (exact) mass is 512 g/mol. The van der Waals surface area contributed by atoms with Crippen molar-refractivity contribution < 1.29 is 23.8 Å². The molecule has 0 radical (unpaired) electrons. The number of carbonyl (C=O) groups is 2. The maximum absolute atomic E-state index is 12.2. The lowest BCUT2D eigenvalue weighted by atomic mass is 9.97. The van der Waals surface area contributed by atoms with E-state index in [0.717, 1.165) is 17.7 Å². The first kappa shape index (κ1) is 22.4. The van der Waals surface area contributed by atoms with Gasteiger partial charge in [-0.05, 0) is 81.5 Å². The molecule has 0 amide bonds. The summed E-state index contributed by atoms with van der Waals surface area (Å²) in [4.78, 5) is 23.8. The average Bonchev–Trinajstić information content (AvgIpc) is 2.69. The first-order chi connectivity index (χ1) is 13.3. The first-order valence-corrected chi connectivity index (χ1v) is 10.5. The number of carbonyl (C=O) groups excluding carboxylic acids is 2. The molecular formula is C21H22Br2O5. The van der Waals surface area contributed by atoms with Crippen LogP contribution in [0.2, 0.25) is 0 Å². The molecule has 0 aromatic heterocycles. The van der Waals surface area contributed by atoms with Gasteiger partial charge in [0, 0.05) is 11.1 Å². The van der Waals surface area contributed by atoms with Crippen molar-refractivity contribution in [2.24, 2.45) is 0 Å².